The van der Waals surface area contributed by atoms with Gasteiger partial charge in [-0.25, -0.2) is 8.78 Å². The maximum atomic E-state index is 14.2. The predicted octanol–water partition coefficient (Wildman–Crippen LogP) is 3.16. The highest BCUT2D eigenvalue weighted by atomic mass is 32.2. The van der Waals surface area contributed by atoms with Crippen molar-refractivity contribution in [2.75, 3.05) is 5.32 Å². The van der Waals surface area contributed by atoms with E-state index < -0.39 is 22.1 Å². The summed E-state index contributed by atoms with van der Waals surface area (Å²) in [7, 11) is 0. The van der Waals surface area contributed by atoms with Crippen molar-refractivity contribution in [1.29, 1.82) is 0 Å². The van der Waals surface area contributed by atoms with Crippen molar-refractivity contribution >= 4 is 23.5 Å². The molecule has 1 aliphatic heterocycles. The quantitative estimate of drug-likeness (QED) is 0.851. The Kier molecular flexibility index (Phi) is 3.44. The Morgan fingerprint density at radius 1 is 1.33 bits per heavy atom. The average Bonchev–Trinajstić information content (AvgIpc) is 2.74. The summed E-state index contributed by atoms with van der Waals surface area (Å²) in [6.45, 7) is 3.52. The Balaban J connectivity index is 2.18. The van der Waals surface area contributed by atoms with Crippen molar-refractivity contribution in [2.24, 2.45) is 0 Å². The van der Waals surface area contributed by atoms with Crippen LogP contribution in [0.25, 0.3) is 0 Å². The summed E-state index contributed by atoms with van der Waals surface area (Å²) < 4.78 is 27.7. The smallest absolute Gasteiger partial charge is 0.238 e. The van der Waals surface area contributed by atoms with E-state index in [1.54, 1.807) is 13.8 Å². The van der Waals surface area contributed by atoms with Crippen molar-refractivity contribution in [3.8, 4) is 0 Å². The first-order chi connectivity index (χ1) is 9.99. The molecule has 2 aromatic rings. The number of aromatic amines is 1. The Morgan fingerprint density at radius 3 is 2.86 bits per heavy atom. The first-order valence-corrected chi connectivity index (χ1v) is 7.38. The highest BCUT2D eigenvalue weighted by Crippen LogP contribution is 2.45. The predicted molar refractivity (Wildman–Crippen MR) is 77.2 cm³/mol. The molecule has 1 aromatic heterocycles. The third kappa shape index (κ3) is 2.31. The molecule has 0 aliphatic carbocycles. The fourth-order valence-electron chi connectivity index (χ4n) is 2.36. The minimum atomic E-state index is -0.896. The number of thioether (sulfide) groups is 1. The minimum Gasteiger partial charge on any atom is -0.308 e. The second-order valence-electron chi connectivity index (χ2n) is 4.90. The van der Waals surface area contributed by atoms with E-state index in [4.69, 9.17) is 0 Å². The SMILES string of the molecule is Cc1[nH]nc2c1C(c1cccc(F)c1F)SC(C)C(=O)N2. The van der Waals surface area contributed by atoms with Crippen LogP contribution in [0.3, 0.4) is 0 Å². The number of halogens is 2. The number of aryl methyl sites for hydroxylation is 1. The van der Waals surface area contributed by atoms with Crippen LogP contribution in [0.1, 0.15) is 29.0 Å². The second-order valence-corrected chi connectivity index (χ2v) is 6.35. The van der Waals surface area contributed by atoms with E-state index in [-0.39, 0.29) is 11.5 Å². The van der Waals surface area contributed by atoms with E-state index >= 15 is 0 Å². The molecule has 0 fully saturated rings. The molecular weight excluding hydrogens is 296 g/mol. The van der Waals surface area contributed by atoms with E-state index in [0.717, 1.165) is 11.8 Å². The summed E-state index contributed by atoms with van der Waals surface area (Å²) in [5.41, 5.74) is 1.62. The Morgan fingerprint density at radius 2 is 2.10 bits per heavy atom. The Labute approximate surface area is 124 Å². The standard InChI is InChI=1S/C14H13F2N3OS/c1-6-10-12(8-4-3-5-9(15)11(8)16)21-7(2)14(20)17-13(10)19-18-6/h3-5,7,12H,1-2H3,(H2,17,18,19,20). The molecule has 2 unspecified atom stereocenters. The highest BCUT2D eigenvalue weighted by Gasteiger charge is 2.33. The summed E-state index contributed by atoms with van der Waals surface area (Å²) in [4.78, 5) is 12.0. The number of fused-ring (bicyclic) bond motifs is 1. The zero-order chi connectivity index (χ0) is 15.1. The number of hydrogen-bond acceptors (Lipinski definition) is 3. The number of hydrogen-bond donors (Lipinski definition) is 2. The lowest BCUT2D eigenvalue weighted by molar-refractivity contribution is -0.115. The van der Waals surface area contributed by atoms with Gasteiger partial charge in [0, 0.05) is 16.8 Å². The third-order valence-electron chi connectivity index (χ3n) is 3.47. The molecule has 0 saturated carbocycles. The molecule has 0 bridgehead atoms. The number of H-pyrrole nitrogens is 1. The number of carbonyl (C=O) groups is 1. The molecule has 4 nitrogen and oxygen atoms in total. The van der Waals surface area contributed by atoms with Gasteiger partial charge in [-0.1, -0.05) is 12.1 Å². The van der Waals surface area contributed by atoms with Crippen molar-refractivity contribution in [1.82, 2.24) is 10.2 Å². The molecule has 3 rings (SSSR count). The van der Waals surface area contributed by atoms with Gasteiger partial charge in [0.15, 0.2) is 17.5 Å². The highest BCUT2D eigenvalue weighted by molar-refractivity contribution is 8.01. The van der Waals surface area contributed by atoms with Crippen LogP contribution in [0.5, 0.6) is 0 Å². The topological polar surface area (TPSA) is 57.8 Å². The van der Waals surface area contributed by atoms with Crippen molar-refractivity contribution < 1.29 is 13.6 Å². The number of nitrogens with one attached hydrogen (secondary N) is 2. The van der Waals surface area contributed by atoms with Gasteiger partial charge in [-0.15, -0.1) is 11.8 Å². The Bertz CT molecular complexity index is 716. The number of benzene rings is 1. The van der Waals surface area contributed by atoms with Crippen molar-refractivity contribution in [3.63, 3.8) is 0 Å². The van der Waals surface area contributed by atoms with Crippen LogP contribution in [-0.2, 0) is 4.79 Å². The second kappa shape index (κ2) is 5.14. The van der Waals surface area contributed by atoms with Crippen molar-refractivity contribution in [2.45, 2.75) is 24.3 Å². The summed E-state index contributed by atoms with van der Waals surface area (Å²) in [5, 5.41) is 8.64. The number of amides is 1. The zero-order valence-electron chi connectivity index (χ0n) is 11.4. The lowest BCUT2D eigenvalue weighted by Gasteiger charge is -2.18. The minimum absolute atomic E-state index is 0.202. The van der Waals surface area contributed by atoms with Gasteiger partial charge in [0.05, 0.1) is 10.5 Å². The van der Waals surface area contributed by atoms with Gasteiger partial charge < -0.3 is 5.32 Å². The van der Waals surface area contributed by atoms with Gasteiger partial charge in [-0.05, 0) is 19.9 Å². The van der Waals surface area contributed by atoms with E-state index in [0.29, 0.717) is 11.4 Å². The first kappa shape index (κ1) is 14.1. The van der Waals surface area contributed by atoms with E-state index in [1.807, 2.05) is 0 Å². The monoisotopic (exact) mass is 309 g/mol. The molecule has 21 heavy (non-hydrogen) atoms. The van der Waals surface area contributed by atoms with E-state index in [2.05, 4.69) is 15.5 Å². The fraction of sp³-hybridized carbons (Fsp3) is 0.286. The molecular formula is C14H13F2N3OS. The average molecular weight is 309 g/mol. The molecule has 0 spiro atoms. The molecule has 0 saturated heterocycles. The Hall–Kier alpha value is -1.89. The summed E-state index contributed by atoms with van der Waals surface area (Å²) >= 11 is 1.27. The molecule has 2 N–H and O–H groups in total. The zero-order valence-corrected chi connectivity index (χ0v) is 12.2. The number of aromatic nitrogens is 2. The van der Waals surface area contributed by atoms with Gasteiger partial charge in [0.1, 0.15) is 0 Å². The van der Waals surface area contributed by atoms with Crippen LogP contribution in [0.2, 0.25) is 0 Å². The van der Waals surface area contributed by atoms with Crippen LogP contribution >= 0.6 is 11.8 Å². The summed E-state index contributed by atoms with van der Waals surface area (Å²) in [6.07, 6.45) is 0. The largest absolute Gasteiger partial charge is 0.308 e. The maximum absolute atomic E-state index is 14.2. The van der Waals surface area contributed by atoms with Gasteiger partial charge in [0.25, 0.3) is 0 Å². The lowest BCUT2D eigenvalue weighted by Crippen LogP contribution is -2.21. The third-order valence-corrected chi connectivity index (χ3v) is 4.86. The fourth-order valence-corrected chi connectivity index (χ4v) is 3.70. The first-order valence-electron chi connectivity index (χ1n) is 6.44. The van der Waals surface area contributed by atoms with E-state index in [1.165, 1.54) is 23.9 Å². The normalized spacial score (nSPS) is 21.6. The number of carbonyl (C=O) groups excluding carboxylic acids is 1. The lowest BCUT2D eigenvalue weighted by atomic mass is 10.0. The van der Waals surface area contributed by atoms with Crippen LogP contribution in [0.4, 0.5) is 14.6 Å². The van der Waals surface area contributed by atoms with Gasteiger partial charge in [0.2, 0.25) is 5.91 Å². The van der Waals surface area contributed by atoms with Crippen LogP contribution in [-0.4, -0.2) is 21.4 Å². The molecule has 1 amide bonds. The van der Waals surface area contributed by atoms with Crippen LogP contribution < -0.4 is 5.32 Å². The van der Waals surface area contributed by atoms with Crippen LogP contribution in [0.15, 0.2) is 18.2 Å². The molecule has 110 valence electrons. The summed E-state index contributed by atoms with van der Waals surface area (Å²) in [6, 6.07) is 4.08. The van der Waals surface area contributed by atoms with Gasteiger partial charge in [-0.3, -0.25) is 9.89 Å². The van der Waals surface area contributed by atoms with Crippen molar-refractivity contribution in [3.05, 3.63) is 46.7 Å². The van der Waals surface area contributed by atoms with Gasteiger partial charge in [-0.2, -0.15) is 5.10 Å². The molecule has 2 heterocycles. The maximum Gasteiger partial charge on any atom is 0.238 e. The molecule has 2 atom stereocenters. The molecule has 7 heteroatoms. The van der Waals surface area contributed by atoms with E-state index in [9.17, 15) is 13.6 Å². The van der Waals surface area contributed by atoms with Gasteiger partial charge >= 0.3 is 0 Å². The molecule has 1 aromatic carbocycles. The number of anilines is 1. The molecule has 0 radical (unpaired) electrons. The van der Waals surface area contributed by atoms with Crippen LogP contribution in [0, 0.1) is 18.6 Å². The number of nitrogens with zero attached hydrogens (tertiary/aromatic N) is 1. The number of rotatable bonds is 1. The summed E-state index contributed by atoms with van der Waals surface area (Å²) in [5.74, 6) is -1.61. The molecule has 1 aliphatic rings.